The van der Waals surface area contributed by atoms with E-state index in [1.807, 2.05) is 19.1 Å². The third-order valence-corrected chi connectivity index (χ3v) is 7.56. The van der Waals surface area contributed by atoms with Crippen molar-refractivity contribution in [1.29, 1.82) is 0 Å². The number of hydrogen-bond acceptors (Lipinski definition) is 5. The first-order chi connectivity index (χ1) is 13.4. The number of pyridine rings is 1. The second-order valence-corrected chi connectivity index (χ2v) is 9.07. The summed E-state index contributed by atoms with van der Waals surface area (Å²) in [6, 6.07) is 3.96. The van der Waals surface area contributed by atoms with E-state index in [4.69, 9.17) is 26.1 Å². The van der Waals surface area contributed by atoms with Crippen LogP contribution in [0.5, 0.6) is 0 Å². The van der Waals surface area contributed by atoms with Gasteiger partial charge in [0.15, 0.2) is 11.6 Å². The molecule has 0 bridgehead atoms. The highest BCUT2D eigenvalue weighted by Gasteiger charge is 2.57. The minimum Gasteiger partial charge on any atom is -0.347 e. The van der Waals surface area contributed by atoms with E-state index in [2.05, 4.69) is 23.8 Å². The molecular formula is C22H26ClN3O2. The van der Waals surface area contributed by atoms with Crippen LogP contribution >= 0.6 is 11.6 Å². The Bertz CT molecular complexity index is 928. The Morgan fingerprint density at radius 3 is 2.71 bits per heavy atom. The molecule has 2 aliphatic carbocycles. The summed E-state index contributed by atoms with van der Waals surface area (Å²) in [5.41, 5.74) is 4.10. The number of fused-ring (bicyclic) bond motifs is 3. The molecule has 28 heavy (non-hydrogen) atoms. The number of aryl methyl sites for hydroxylation is 1. The molecule has 3 heterocycles. The fraction of sp³-hybridized carbons (Fsp3) is 0.591. The summed E-state index contributed by atoms with van der Waals surface area (Å²) < 4.78 is 12.2. The third kappa shape index (κ3) is 2.63. The van der Waals surface area contributed by atoms with Gasteiger partial charge in [0.05, 0.1) is 18.9 Å². The average Bonchev–Trinajstić information content (AvgIpc) is 3.16. The molecule has 3 aliphatic rings. The molecule has 1 spiro atoms. The Hall–Kier alpha value is -1.56. The maximum atomic E-state index is 6.67. The third-order valence-electron chi connectivity index (χ3n) is 7.24. The van der Waals surface area contributed by atoms with Gasteiger partial charge in [0.2, 0.25) is 0 Å². The first kappa shape index (κ1) is 18.5. The topological polar surface area (TPSA) is 57.1 Å². The van der Waals surface area contributed by atoms with Crippen LogP contribution in [0.4, 0.5) is 0 Å². The zero-order valence-electron chi connectivity index (χ0n) is 16.7. The predicted octanol–water partition coefficient (Wildman–Crippen LogP) is 4.49. The maximum Gasteiger partial charge on any atom is 0.171 e. The van der Waals surface area contributed by atoms with E-state index in [0.717, 1.165) is 48.2 Å². The molecule has 0 N–H and O–H groups in total. The van der Waals surface area contributed by atoms with Gasteiger partial charge in [0.25, 0.3) is 0 Å². The van der Waals surface area contributed by atoms with Crippen LogP contribution in [0.15, 0.2) is 18.3 Å². The Kier molecular flexibility index (Phi) is 4.27. The molecule has 1 aliphatic heterocycles. The van der Waals surface area contributed by atoms with Crippen molar-refractivity contribution >= 4 is 11.6 Å². The van der Waals surface area contributed by atoms with Crippen molar-refractivity contribution < 1.29 is 9.47 Å². The molecule has 0 aromatic carbocycles. The van der Waals surface area contributed by atoms with Crippen LogP contribution in [0.3, 0.4) is 0 Å². The Morgan fingerprint density at radius 2 is 1.96 bits per heavy atom. The predicted molar refractivity (Wildman–Crippen MR) is 107 cm³/mol. The van der Waals surface area contributed by atoms with Crippen molar-refractivity contribution in [1.82, 2.24) is 15.0 Å². The van der Waals surface area contributed by atoms with E-state index in [9.17, 15) is 0 Å². The summed E-state index contributed by atoms with van der Waals surface area (Å²) in [5.74, 6) is 1.05. The molecule has 5 nitrogen and oxygen atoms in total. The quantitative estimate of drug-likeness (QED) is 0.661. The van der Waals surface area contributed by atoms with E-state index in [0.29, 0.717) is 36.0 Å². The molecule has 2 fully saturated rings. The summed E-state index contributed by atoms with van der Waals surface area (Å²) in [4.78, 5) is 14.0. The van der Waals surface area contributed by atoms with Gasteiger partial charge in [0.1, 0.15) is 5.15 Å². The van der Waals surface area contributed by atoms with E-state index >= 15 is 0 Å². The van der Waals surface area contributed by atoms with E-state index in [-0.39, 0.29) is 5.41 Å². The van der Waals surface area contributed by atoms with Gasteiger partial charge < -0.3 is 9.47 Å². The first-order valence-corrected chi connectivity index (χ1v) is 10.6. The normalized spacial score (nSPS) is 30.9. The largest absolute Gasteiger partial charge is 0.347 e. The molecule has 1 saturated carbocycles. The minimum atomic E-state index is -0.413. The molecule has 5 rings (SSSR count). The Labute approximate surface area is 170 Å². The SMILES string of the molecule is Cc1cc(-c2nc(Cl)c3c(n2)[C@]2(C)CCC4(OCCO4)[C@H](C)[C@H]2CC3)ccn1. The Balaban J connectivity index is 1.60. The fourth-order valence-corrected chi connectivity index (χ4v) is 5.97. The van der Waals surface area contributed by atoms with Gasteiger partial charge in [-0.05, 0) is 44.2 Å². The lowest BCUT2D eigenvalue weighted by molar-refractivity contribution is -0.234. The van der Waals surface area contributed by atoms with Gasteiger partial charge in [-0.2, -0.15) is 0 Å². The Morgan fingerprint density at radius 1 is 1.18 bits per heavy atom. The van der Waals surface area contributed by atoms with Crippen LogP contribution in [0.25, 0.3) is 11.4 Å². The standard InChI is InChI=1S/C22H26ClN3O2/c1-13-12-15(6-9-24-13)20-25-18-16(19(23)26-20)4-5-17-14(2)22(27-10-11-28-22)8-7-21(17,18)3/h6,9,12,14,17H,4-5,7-8,10-11H2,1-3H3/t14-,17-,21-/m1/s1. The van der Waals surface area contributed by atoms with Crippen molar-refractivity contribution in [2.45, 2.75) is 57.7 Å². The van der Waals surface area contributed by atoms with Gasteiger partial charge >= 0.3 is 0 Å². The molecule has 0 amide bonds. The lowest BCUT2D eigenvalue weighted by atomic mass is 9.55. The summed E-state index contributed by atoms with van der Waals surface area (Å²) in [6.45, 7) is 8.01. The van der Waals surface area contributed by atoms with E-state index in [1.165, 1.54) is 0 Å². The summed E-state index contributed by atoms with van der Waals surface area (Å²) in [6.07, 6.45) is 5.65. The lowest BCUT2D eigenvalue weighted by Crippen LogP contribution is -2.55. The number of nitrogens with zero attached hydrogens (tertiary/aromatic N) is 3. The highest BCUT2D eigenvalue weighted by atomic mass is 35.5. The zero-order chi connectivity index (χ0) is 19.5. The minimum absolute atomic E-state index is 0.0447. The number of halogens is 1. The van der Waals surface area contributed by atoms with Crippen molar-refractivity contribution in [3.05, 3.63) is 40.4 Å². The van der Waals surface area contributed by atoms with Gasteiger partial charge in [-0.15, -0.1) is 0 Å². The van der Waals surface area contributed by atoms with Crippen molar-refractivity contribution in [2.24, 2.45) is 11.8 Å². The molecule has 2 aromatic rings. The smallest absolute Gasteiger partial charge is 0.171 e. The molecule has 6 heteroatoms. The first-order valence-electron chi connectivity index (χ1n) is 10.2. The van der Waals surface area contributed by atoms with Crippen molar-refractivity contribution in [2.75, 3.05) is 13.2 Å². The molecule has 0 radical (unpaired) electrons. The van der Waals surface area contributed by atoms with Crippen molar-refractivity contribution in [3.63, 3.8) is 0 Å². The molecule has 1 saturated heterocycles. The maximum absolute atomic E-state index is 6.67. The van der Waals surface area contributed by atoms with Crippen LogP contribution < -0.4 is 0 Å². The molecule has 2 aromatic heterocycles. The summed E-state index contributed by atoms with van der Waals surface area (Å²) in [7, 11) is 0. The molecular weight excluding hydrogens is 374 g/mol. The molecule has 3 atom stereocenters. The lowest BCUT2D eigenvalue weighted by Gasteiger charge is -2.54. The second-order valence-electron chi connectivity index (χ2n) is 8.71. The van der Waals surface area contributed by atoms with Crippen LogP contribution in [-0.4, -0.2) is 34.0 Å². The summed E-state index contributed by atoms with van der Waals surface area (Å²) >= 11 is 6.67. The van der Waals surface area contributed by atoms with Crippen LogP contribution in [0.1, 0.15) is 50.1 Å². The number of rotatable bonds is 1. The van der Waals surface area contributed by atoms with Crippen LogP contribution in [0.2, 0.25) is 5.15 Å². The second kappa shape index (κ2) is 6.48. The average molecular weight is 400 g/mol. The highest BCUT2D eigenvalue weighted by Crippen LogP contribution is 2.57. The highest BCUT2D eigenvalue weighted by molar-refractivity contribution is 6.30. The van der Waals surface area contributed by atoms with E-state index in [1.54, 1.807) is 6.20 Å². The van der Waals surface area contributed by atoms with Crippen LogP contribution in [-0.2, 0) is 21.3 Å². The number of hydrogen-bond donors (Lipinski definition) is 0. The van der Waals surface area contributed by atoms with Crippen molar-refractivity contribution in [3.8, 4) is 11.4 Å². The number of ether oxygens (including phenoxy) is 2. The number of aromatic nitrogens is 3. The monoisotopic (exact) mass is 399 g/mol. The van der Waals surface area contributed by atoms with Gasteiger partial charge in [-0.25, -0.2) is 9.97 Å². The van der Waals surface area contributed by atoms with Gasteiger partial charge in [-0.3, -0.25) is 4.98 Å². The molecule has 148 valence electrons. The zero-order valence-corrected chi connectivity index (χ0v) is 17.4. The summed E-state index contributed by atoms with van der Waals surface area (Å²) in [5, 5.41) is 0.593. The van der Waals surface area contributed by atoms with E-state index < -0.39 is 5.79 Å². The van der Waals surface area contributed by atoms with Crippen LogP contribution in [0, 0.1) is 18.8 Å². The van der Waals surface area contributed by atoms with Gasteiger partial charge in [0, 0.05) is 40.8 Å². The molecule has 0 unspecified atom stereocenters. The van der Waals surface area contributed by atoms with Gasteiger partial charge in [-0.1, -0.05) is 25.4 Å². The fourth-order valence-electron chi connectivity index (χ4n) is 5.71.